The van der Waals surface area contributed by atoms with Gasteiger partial charge in [-0.3, -0.25) is 9.36 Å². The van der Waals surface area contributed by atoms with Gasteiger partial charge in [-0.25, -0.2) is 13.8 Å². The molecular weight excluding hydrogens is 485 g/mol. The van der Waals surface area contributed by atoms with Crippen molar-refractivity contribution >= 4 is 11.6 Å². The Hall–Kier alpha value is -3.28. The minimum Gasteiger partial charge on any atom is -0.487 e. The Morgan fingerprint density at radius 1 is 0.939 bits per heavy atom. The molecular formula is C20H12ClF7N2O3. The van der Waals surface area contributed by atoms with Gasteiger partial charge in [0.25, 0.3) is 5.56 Å². The van der Waals surface area contributed by atoms with Gasteiger partial charge in [-0.1, -0.05) is 23.7 Å². The lowest BCUT2D eigenvalue weighted by molar-refractivity contribution is -0.144. The predicted octanol–water partition coefficient (Wildman–Crippen LogP) is 4.95. The summed E-state index contributed by atoms with van der Waals surface area (Å²) in [5.74, 6) is -1.46. The first kappa shape index (κ1) is 24.4. The van der Waals surface area contributed by atoms with E-state index in [1.54, 1.807) is 0 Å². The van der Waals surface area contributed by atoms with E-state index in [1.807, 2.05) is 0 Å². The molecule has 176 valence electrons. The van der Waals surface area contributed by atoms with Gasteiger partial charge in [-0.15, -0.1) is 0 Å². The monoisotopic (exact) mass is 496 g/mol. The summed E-state index contributed by atoms with van der Waals surface area (Å²) in [6.07, 6.45) is -9.53. The molecule has 0 N–H and O–H groups in total. The molecule has 33 heavy (non-hydrogen) atoms. The summed E-state index contributed by atoms with van der Waals surface area (Å²) in [4.78, 5) is 24.6. The van der Waals surface area contributed by atoms with Crippen LogP contribution in [0.3, 0.4) is 0 Å². The van der Waals surface area contributed by atoms with Crippen molar-refractivity contribution in [3.05, 3.63) is 91.0 Å². The molecule has 1 heterocycles. The fourth-order valence-corrected chi connectivity index (χ4v) is 3.08. The number of rotatable bonds is 4. The first-order valence-electron chi connectivity index (χ1n) is 8.89. The summed E-state index contributed by atoms with van der Waals surface area (Å²) >= 11 is 5.90. The van der Waals surface area contributed by atoms with Crippen LogP contribution in [0.15, 0.2) is 52.1 Å². The molecule has 13 heteroatoms. The van der Waals surface area contributed by atoms with E-state index in [0.717, 1.165) is 37.4 Å². The zero-order chi connectivity index (χ0) is 24.7. The van der Waals surface area contributed by atoms with Crippen molar-refractivity contribution in [2.45, 2.75) is 19.0 Å². The number of hydrogen-bond donors (Lipinski definition) is 0. The quantitative estimate of drug-likeness (QED) is 0.481. The normalized spacial score (nSPS) is 12.2. The first-order valence-corrected chi connectivity index (χ1v) is 9.26. The Labute approximate surface area is 185 Å². The number of halogens is 8. The summed E-state index contributed by atoms with van der Waals surface area (Å²) < 4.78 is 97.1. The Balaban J connectivity index is 1.98. The van der Waals surface area contributed by atoms with Crippen LogP contribution in [0.1, 0.15) is 16.8 Å². The van der Waals surface area contributed by atoms with Crippen LogP contribution >= 0.6 is 11.6 Å². The summed E-state index contributed by atoms with van der Waals surface area (Å²) in [6, 6.07) is 5.57. The van der Waals surface area contributed by atoms with Crippen LogP contribution in [0.2, 0.25) is 5.02 Å². The van der Waals surface area contributed by atoms with Gasteiger partial charge in [-0.2, -0.15) is 26.3 Å². The van der Waals surface area contributed by atoms with Gasteiger partial charge in [0.2, 0.25) is 0 Å². The van der Waals surface area contributed by atoms with Crippen LogP contribution in [0, 0.1) is 5.82 Å². The number of alkyl halides is 6. The fourth-order valence-electron chi connectivity index (χ4n) is 2.87. The lowest BCUT2D eigenvalue weighted by Crippen LogP contribution is -2.41. The van der Waals surface area contributed by atoms with Crippen LogP contribution in [0.5, 0.6) is 5.75 Å². The number of benzene rings is 2. The van der Waals surface area contributed by atoms with Crippen molar-refractivity contribution in [3.63, 3.8) is 0 Å². The molecule has 0 aliphatic rings. The molecule has 5 nitrogen and oxygen atoms in total. The van der Waals surface area contributed by atoms with Gasteiger partial charge in [-0.05, 0) is 23.8 Å². The van der Waals surface area contributed by atoms with Crippen LogP contribution in [0.4, 0.5) is 30.7 Å². The van der Waals surface area contributed by atoms with Crippen molar-refractivity contribution < 1.29 is 35.5 Å². The minimum atomic E-state index is -5.00. The van der Waals surface area contributed by atoms with E-state index in [9.17, 15) is 40.3 Å². The molecule has 1 aromatic heterocycles. The molecule has 0 unspecified atom stereocenters. The third-order valence-electron chi connectivity index (χ3n) is 4.53. The maximum Gasteiger partial charge on any atom is 0.431 e. The third-order valence-corrected chi connectivity index (χ3v) is 4.82. The molecule has 3 aromatic rings. The molecule has 0 amide bonds. The van der Waals surface area contributed by atoms with Gasteiger partial charge < -0.3 is 4.74 Å². The number of aromatic nitrogens is 2. The van der Waals surface area contributed by atoms with Gasteiger partial charge >= 0.3 is 18.0 Å². The number of hydrogen-bond acceptors (Lipinski definition) is 3. The lowest BCUT2D eigenvalue weighted by Gasteiger charge is -2.16. The van der Waals surface area contributed by atoms with E-state index in [0.29, 0.717) is 6.07 Å². The van der Waals surface area contributed by atoms with Gasteiger partial charge in [0.15, 0.2) is 0 Å². The van der Waals surface area contributed by atoms with Crippen molar-refractivity contribution in [2.75, 3.05) is 0 Å². The van der Waals surface area contributed by atoms with E-state index in [4.69, 9.17) is 16.3 Å². The molecule has 2 aromatic carbocycles. The molecule has 0 fully saturated rings. The molecule has 3 rings (SSSR count). The third kappa shape index (κ3) is 5.05. The first-order chi connectivity index (χ1) is 15.2. The number of ether oxygens (including phenoxy) is 1. The maximum atomic E-state index is 14.5. The van der Waals surface area contributed by atoms with Crippen LogP contribution in [0.25, 0.3) is 5.69 Å². The summed E-state index contributed by atoms with van der Waals surface area (Å²) in [5.41, 5.74) is -5.76. The fraction of sp³-hybridized carbons (Fsp3) is 0.200. The van der Waals surface area contributed by atoms with E-state index >= 15 is 0 Å². The molecule has 0 radical (unpaired) electrons. The SMILES string of the molecule is Cn1c(C(F)(F)F)cc(=O)n(-c2cc(OCc3ccc(C(F)(F)F)cc3)c(Cl)cc2F)c1=O. The molecule has 0 saturated heterocycles. The highest BCUT2D eigenvalue weighted by molar-refractivity contribution is 6.32. The highest BCUT2D eigenvalue weighted by Gasteiger charge is 2.35. The Bertz CT molecular complexity index is 1310. The predicted molar refractivity (Wildman–Crippen MR) is 103 cm³/mol. The largest absolute Gasteiger partial charge is 0.487 e. The lowest BCUT2D eigenvalue weighted by atomic mass is 10.1. The van der Waals surface area contributed by atoms with E-state index < -0.39 is 46.4 Å². The van der Waals surface area contributed by atoms with Crippen LogP contribution < -0.4 is 16.0 Å². The highest BCUT2D eigenvalue weighted by atomic mass is 35.5. The van der Waals surface area contributed by atoms with Gasteiger partial charge in [0.05, 0.1) is 16.3 Å². The molecule has 0 aliphatic carbocycles. The van der Waals surface area contributed by atoms with Crippen molar-refractivity contribution in [1.82, 2.24) is 9.13 Å². The smallest absolute Gasteiger partial charge is 0.431 e. The second kappa shape index (κ2) is 8.58. The van der Waals surface area contributed by atoms with Crippen molar-refractivity contribution in [3.8, 4) is 11.4 Å². The molecule has 0 atom stereocenters. The Morgan fingerprint density at radius 2 is 1.55 bits per heavy atom. The molecule has 0 bridgehead atoms. The van der Waals surface area contributed by atoms with Crippen LogP contribution in [-0.2, 0) is 26.0 Å². The van der Waals surface area contributed by atoms with Crippen molar-refractivity contribution in [1.29, 1.82) is 0 Å². The average molecular weight is 497 g/mol. The second-order valence-electron chi connectivity index (χ2n) is 6.76. The standard InChI is InChI=1S/C20H12ClF7N2O3/c1-29-16(20(26,27)28)8-17(31)30(18(29)32)14-7-15(12(21)6-13(14)22)33-9-10-2-4-11(5-3-10)19(23,24)25/h2-8H,9H2,1H3. The van der Waals surface area contributed by atoms with Gasteiger partial charge in [0, 0.05) is 19.2 Å². The minimum absolute atomic E-state index is 0.137. The maximum absolute atomic E-state index is 14.5. The summed E-state index contributed by atoms with van der Waals surface area (Å²) in [6.45, 7) is -0.317. The molecule has 0 saturated carbocycles. The second-order valence-corrected chi connectivity index (χ2v) is 7.17. The van der Waals surface area contributed by atoms with Crippen LogP contribution in [-0.4, -0.2) is 9.13 Å². The van der Waals surface area contributed by atoms with Gasteiger partial charge in [0.1, 0.15) is 23.9 Å². The zero-order valence-corrected chi connectivity index (χ0v) is 17.1. The number of nitrogens with zero attached hydrogens (tertiary/aromatic N) is 2. The zero-order valence-electron chi connectivity index (χ0n) is 16.4. The summed E-state index contributed by atoms with van der Waals surface area (Å²) in [7, 11) is 0.761. The molecule has 0 spiro atoms. The Kier molecular flexibility index (Phi) is 6.33. The summed E-state index contributed by atoms with van der Waals surface area (Å²) in [5, 5.41) is -0.306. The Morgan fingerprint density at radius 3 is 2.09 bits per heavy atom. The van der Waals surface area contributed by atoms with E-state index in [1.165, 1.54) is 0 Å². The topological polar surface area (TPSA) is 53.2 Å². The molecule has 0 aliphatic heterocycles. The highest BCUT2D eigenvalue weighted by Crippen LogP contribution is 2.32. The van der Waals surface area contributed by atoms with E-state index in [-0.39, 0.29) is 38.1 Å². The van der Waals surface area contributed by atoms with Crippen molar-refractivity contribution in [2.24, 2.45) is 7.05 Å². The van der Waals surface area contributed by atoms with E-state index in [2.05, 4.69) is 0 Å². The average Bonchev–Trinajstić information content (AvgIpc) is 2.70.